The minimum atomic E-state index is 0.323. The molecule has 1 unspecified atom stereocenters. The van der Waals surface area contributed by atoms with Gasteiger partial charge in [-0.05, 0) is 18.9 Å². The van der Waals surface area contributed by atoms with E-state index in [9.17, 15) is 4.79 Å². The van der Waals surface area contributed by atoms with Crippen LogP contribution >= 0.6 is 0 Å². The average Bonchev–Trinajstić information content (AvgIpc) is 3.36. The van der Waals surface area contributed by atoms with Gasteiger partial charge in [0.25, 0.3) is 0 Å². The molecule has 1 amide bonds. The third kappa shape index (κ3) is 3.25. The maximum Gasteiger partial charge on any atom is 0.223 e. The topological polar surface area (TPSA) is 60.3 Å². The van der Waals surface area contributed by atoms with Gasteiger partial charge in [0.05, 0.1) is 7.11 Å². The highest BCUT2D eigenvalue weighted by Gasteiger charge is 2.35. The van der Waals surface area contributed by atoms with Crippen molar-refractivity contribution in [2.75, 3.05) is 13.7 Å². The van der Waals surface area contributed by atoms with E-state index in [1.54, 1.807) is 13.3 Å². The Bertz CT molecular complexity index is 751. The lowest BCUT2D eigenvalue weighted by Crippen LogP contribution is -2.34. The summed E-state index contributed by atoms with van der Waals surface area (Å²) < 4.78 is 7.36. The zero-order valence-corrected chi connectivity index (χ0v) is 14.6. The predicted molar refractivity (Wildman–Crippen MR) is 94.1 cm³/mol. The van der Waals surface area contributed by atoms with E-state index in [1.807, 2.05) is 24.5 Å². The van der Waals surface area contributed by atoms with Crippen LogP contribution in [0.25, 0.3) is 11.4 Å². The van der Waals surface area contributed by atoms with Crippen molar-refractivity contribution in [3.05, 3.63) is 30.7 Å². The van der Waals surface area contributed by atoms with Gasteiger partial charge in [-0.15, -0.1) is 0 Å². The molecule has 1 aliphatic carbocycles. The van der Waals surface area contributed by atoms with E-state index in [-0.39, 0.29) is 0 Å². The number of pyridine rings is 1. The van der Waals surface area contributed by atoms with E-state index in [0.717, 1.165) is 24.5 Å². The number of carbonyl (C=O) groups is 1. The van der Waals surface area contributed by atoms with Gasteiger partial charge in [-0.1, -0.05) is 12.8 Å². The second kappa shape index (κ2) is 6.86. The normalized spacial score (nSPS) is 21.2. The minimum Gasteiger partial charge on any atom is -0.481 e. The number of likely N-dealkylation sites (tertiary alicyclic amines) is 1. The van der Waals surface area contributed by atoms with Crippen molar-refractivity contribution in [1.82, 2.24) is 19.4 Å². The molecule has 3 heterocycles. The third-order valence-corrected chi connectivity index (χ3v) is 5.38. The van der Waals surface area contributed by atoms with Crippen LogP contribution in [0.5, 0.6) is 5.88 Å². The second-order valence-corrected chi connectivity index (χ2v) is 7.04. The number of amides is 1. The first kappa shape index (κ1) is 16.1. The van der Waals surface area contributed by atoms with Crippen LogP contribution in [0, 0.1) is 5.92 Å². The molecule has 1 atom stereocenters. The summed E-state index contributed by atoms with van der Waals surface area (Å²) in [5.41, 5.74) is 0.980. The molecule has 0 aromatic carbocycles. The lowest BCUT2D eigenvalue weighted by molar-refractivity contribution is -0.129. The number of nitrogens with zero attached hydrogens (tertiary/aromatic N) is 4. The zero-order chi connectivity index (χ0) is 17.2. The van der Waals surface area contributed by atoms with Crippen LogP contribution in [-0.4, -0.2) is 45.0 Å². The fraction of sp³-hybridized carbons (Fsp3) is 0.526. The SMILES string of the molecule is COc1cc(-c2nccn2CC2CC(=O)N(C3CCCC3)C2)ccn1. The Morgan fingerprint density at radius 3 is 2.88 bits per heavy atom. The fourth-order valence-corrected chi connectivity index (χ4v) is 4.15. The molecule has 1 saturated heterocycles. The molecule has 1 saturated carbocycles. The van der Waals surface area contributed by atoms with Crippen LogP contribution in [0.3, 0.4) is 0 Å². The summed E-state index contributed by atoms with van der Waals surface area (Å²) in [6.07, 6.45) is 11.0. The molecule has 6 nitrogen and oxygen atoms in total. The molecule has 2 fully saturated rings. The van der Waals surface area contributed by atoms with E-state index in [2.05, 4.69) is 19.4 Å². The predicted octanol–water partition coefficient (Wildman–Crippen LogP) is 2.74. The Morgan fingerprint density at radius 1 is 1.24 bits per heavy atom. The number of methoxy groups -OCH3 is 1. The van der Waals surface area contributed by atoms with Crippen LogP contribution in [0.15, 0.2) is 30.7 Å². The van der Waals surface area contributed by atoms with Crippen molar-refractivity contribution in [3.8, 4) is 17.3 Å². The Labute approximate surface area is 147 Å². The molecule has 2 aliphatic rings. The summed E-state index contributed by atoms with van der Waals surface area (Å²) in [6.45, 7) is 1.69. The van der Waals surface area contributed by atoms with Gasteiger partial charge in [0.2, 0.25) is 11.8 Å². The highest BCUT2D eigenvalue weighted by atomic mass is 16.5. The van der Waals surface area contributed by atoms with Gasteiger partial charge in [0, 0.05) is 61.7 Å². The molecular weight excluding hydrogens is 316 g/mol. The number of ether oxygens (including phenoxy) is 1. The smallest absolute Gasteiger partial charge is 0.223 e. The molecule has 25 heavy (non-hydrogen) atoms. The van der Waals surface area contributed by atoms with Crippen LogP contribution in [0.4, 0.5) is 0 Å². The fourth-order valence-electron chi connectivity index (χ4n) is 4.15. The van der Waals surface area contributed by atoms with Gasteiger partial charge < -0.3 is 14.2 Å². The van der Waals surface area contributed by atoms with E-state index in [1.165, 1.54) is 25.7 Å². The lowest BCUT2D eigenvalue weighted by Gasteiger charge is -2.24. The first-order chi connectivity index (χ1) is 12.2. The van der Waals surface area contributed by atoms with Gasteiger partial charge in [0.1, 0.15) is 5.82 Å². The highest BCUT2D eigenvalue weighted by Crippen LogP contribution is 2.31. The standard InChI is InChI=1S/C19H24N4O2/c1-25-17-11-15(6-7-20-17)19-21-8-9-22(19)12-14-10-18(24)23(13-14)16-4-2-3-5-16/h6-9,11,14,16H,2-5,10,12-13H2,1H3. The van der Waals surface area contributed by atoms with Crippen molar-refractivity contribution < 1.29 is 9.53 Å². The van der Waals surface area contributed by atoms with Gasteiger partial charge >= 0.3 is 0 Å². The molecule has 4 rings (SSSR count). The molecule has 0 spiro atoms. The first-order valence-corrected chi connectivity index (χ1v) is 9.05. The number of imidazole rings is 1. The molecule has 0 radical (unpaired) electrons. The van der Waals surface area contributed by atoms with Crippen LogP contribution < -0.4 is 4.74 Å². The van der Waals surface area contributed by atoms with E-state index < -0.39 is 0 Å². The maximum absolute atomic E-state index is 12.4. The van der Waals surface area contributed by atoms with Gasteiger partial charge in [-0.3, -0.25) is 4.79 Å². The van der Waals surface area contributed by atoms with Crippen LogP contribution in [-0.2, 0) is 11.3 Å². The van der Waals surface area contributed by atoms with Crippen molar-refractivity contribution in [1.29, 1.82) is 0 Å². The van der Waals surface area contributed by atoms with Gasteiger partial charge in [0.15, 0.2) is 0 Å². The third-order valence-electron chi connectivity index (χ3n) is 5.38. The second-order valence-electron chi connectivity index (χ2n) is 7.04. The Morgan fingerprint density at radius 2 is 2.08 bits per heavy atom. The minimum absolute atomic E-state index is 0.323. The Balaban J connectivity index is 1.49. The lowest BCUT2D eigenvalue weighted by atomic mass is 10.1. The Kier molecular flexibility index (Phi) is 4.42. The average molecular weight is 340 g/mol. The summed E-state index contributed by atoms with van der Waals surface area (Å²) in [4.78, 5) is 23.2. The number of rotatable bonds is 5. The van der Waals surface area contributed by atoms with Crippen LogP contribution in [0.1, 0.15) is 32.1 Å². The van der Waals surface area contributed by atoms with Crippen molar-refractivity contribution in [2.24, 2.45) is 5.92 Å². The number of aromatic nitrogens is 3. The molecule has 1 aliphatic heterocycles. The maximum atomic E-state index is 12.4. The number of carbonyl (C=O) groups excluding carboxylic acids is 1. The summed E-state index contributed by atoms with van der Waals surface area (Å²) >= 11 is 0. The molecule has 132 valence electrons. The van der Waals surface area contributed by atoms with Crippen LogP contribution in [0.2, 0.25) is 0 Å². The van der Waals surface area contributed by atoms with Crippen molar-refractivity contribution in [2.45, 2.75) is 44.7 Å². The van der Waals surface area contributed by atoms with E-state index in [4.69, 9.17) is 4.74 Å². The quantitative estimate of drug-likeness (QED) is 0.840. The molecule has 2 aromatic heterocycles. The molecule has 6 heteroatoms. The van der Waals surface area contributed by atoms with Gasteiger partial charge in [-0.25, -0.2) is 9.97 Å². The summed E-state index contributed by atoms with van der Waals surface area (Å²) in [5.74, 6) is 2.15. The molecule has 0 N–H and O–H groups in total. The zero-order valence-electron chi connectivity index (χ0n) is 14.6. The summed E-state index contributed by atoms with van der Waals surface area (Å²) in [5, 5.41) is 0. The van der Waals surface area contributed by atoms with Gasteiger partial charge in [-0.2, -0.15) is 0 Å². The summed E-state index contributed by atoms with van der Waals surface area (Å²) in [7, 11) is 1.61. The van der Waals surface area contributed by atoms with Crippen molar-refractivity contribution in [3.63, 3.8) is 0 Å². The van der Waals surface area contributed by atoms with E-state index in [0.29, 0.717) is 30.2 Å². The molecular formula is C19H24N4O2. The first-order valence-electron chi connectivity index (χ1n) is 9.05. The van der Waals surface area contributed by atoms with E-state index >= 15 is 0 Å². The number of hydrogen-bond acceptors (Lipinski definition) is 4. The molecule has 2 aromatic rings. The monoisotopic (exact) mass is 340 g/mol. The Hall–Kier alpha value is -2.37. The largest absolute Gasteiger partial charge is 0.481 e. The highest BCUT2D eigenvalue weighted by molar-refractivity contribution is 5.79. The molecule has 0 bridgehead atoms. The number of hydrogen-bond donors (Lipinski definition) is 0. The van der Waals surface area contributed by atoms with Crippen molar-refractivity contribution >= 4 is 5.91 Å². The summed E-state index contributed by atoms with van der Waals surface area (Å²) in [6, 6.07) is 4.30.